The number of para-hydroxylation sites is 1. The summed E-state index contributed by atoms with van der Waals surface area (Å²) in [7, 11) is 0. The smallest absolute Gasteiger partial charge is 0.160 e. The highest BCUT2D eigenvalue weighted by atomic mass is 32.1. The Morgan fingerprint density at radius 3 is 1.75 bits per heavy atom. The first-order chi connectivity index (χ1) is 27.7. The van der Waals surface area contributed by atoms with Gasteiger partial charge in [-0.25, -0.2) is 9.97 Å². The maximum absolute atomic E-state index is 6.70. The summed E-state index contributed by atoms with van der Waals surface area (Å²) in [6.45, 7) is 0. The zero-order chi connectivity index (χ0) is 37.0. The molecule has 0 spiro atoms. The van der Waals surface area contributed by atoms with Crippen LogP contribution in [-0.4, -0.2) is 15.0 Å². The minimum absolute atomic E-state index is 0.691. The molecule has 56 heavy (non-hydrogen) atoms. The van der Waals surface area contributed by atoms with Gasteiger partial charge in [0.1, 0.15) is 11.2 Å². The Hall–Kier alpha value is -7.21. The molecule has 0 aliphatic carbocycles. The van der Waals surface area contributed by atoms with Crippen molar-refractivity contribution in [1.82, 2.24) is 15.0 Å². The van der Waals surface area contributed by atoms with E-state index in [0.29, 0.717) is 5.82 Å². The second-order valence-corrected chi connectivity index (χ2v) is 15.1. The summed E-state index contributed by atoms with van der Waals surface area (Å²) in [6, 6.07) is 61.8. The lowest BCUT2D eigenvalue weighted by Gasteiger charge is -2.12. The molecule has 0 radical (unpaired) electrons. The zero-order valence-corrected chi connectivity index (χ0v) is 30.9. The minimum atomic E-state index is 0.691. The van der Waals surface area contributed by atoms with Gasteiger partial charge in [-0.1, -0.05) is 127 Å². The monoisotopic (exact) mass is 733 g/mol. The van der Waals surface area contributed by atoms with Crippen molar-refractivity contribution in [1.29, 1.82) is 0 Å². The Bertz CT molecular complexity index is 3220. The second kappa shape index (κ2) is 13.3. The summed E-state index contributed by atoms with van der Waals surface area (Å²) in [5.74, 6) is 0.691. The van der Waals surface area contributed by atoms with Crippen molar-refractivity contribution in [2.75, 3.05) is 0 Å². The fourth-order valence-corrected chi connectivity index (χ4v) is 8.93. The summed E-state index contributed by atoms with van der Waals surface area (Å²) in [4.78, 5) is 14.3. The van der Waals surface area contributed by atoms with Crippen molar-refractivity contribution in [3.63, 3.8) is 0 Å². The van der Waals surface area contributed by atoms with Crippen LogP contribution in [0.1, 0.15) is 0 Å². The van der Waals surface area contributed by atoms with Gasteiger partial charge in [0.05, 0.1) is 11.4 Å². The number of thiophene rings is 1. The van der Waals surface area contributed by atoms with Crippen LogP contribution in [0.3, 0.4) is 0 Å². The molecule has 0 aliphatic heterocycles. The van der Waals surface area contributed by atoms with Crippen molar-refractivity contribution in [3.05, 3.63) is 188 Å². The van der Waals surface area contributed by atoms with Crippen molar-refractivity contribution >= 4 is 53.4 Å². The van der Waals surface area contributed by atoms with Crippen molar-refractivity contribution < 1.29 is 4.42 Å². The molecular weight excluding hydrogens is 703 g/mol. The molecule has 0 saturated heterocycles. The number of rotatable bonds is 6. The van der Waals surface area contributed by atoms with E-state index in [0.717, 1.165) is 83.4 Å². The number of furan rings is 1. The number of pyridine rings is 1. The average molecular weight is 734 g/mol. The van der Waals surface area contributed by atoms with Gasteiger partial charge in [0.2, 0.25) is 0 Å². The zero-order valence-electron chi connectivity index (χ0n) is 30.1. The highest BCUT2D eigenvalue weighted by molar-refractivity contribution is 7.25. The molecule has 262 valence electrons. The summed E-state index contributed by atoms with van der Waals surface area (Å²) >= 11 is 1.84. The maximum atomic E-state index is 6.70. The molecule has 0 saturated carbocycles. The summed E-state index contributed by atoms with van der Waals surface area (Å²) < 4.78 is 9.29. The highest BCUT2D eigenvalue weighted by Crippen LogP contribution is 2.44. The molecule has 5 heteroatoms. The highest BCUT2D eigenvalue weighted by Gasteiger charge is 2.19. The van der Waals surface area contributed by atoms with Gasteiger partial charge in [0.15, 0.2) is 5.82 Å². The van der Waals surface area contributed by atoms with E-state index in [9.17, 15) is 0 Å². The SMILES string of the molecule is c1ccc(-c2nc(-c3ccc(-c4ccncc4)cc3)cc(-c3ccc(-c4ccc(-c5ccc6sc7ccccc7c6c5)c5oc6ccccc6c45)cc3)n2)cc1. The fraction of sp³-hybridized carbons (Fsp3) is 0. The normalized spacial score (nSPS) is 11.6. The molecule has 11 rings (SSSR count). The lowest BCUT2D eigenvalue weighted by Crippen LogP contribution is -1.96. The van der Waals surface area contributed by atoms with Crippen LogP contribution in [0, 0.1) is 0 Å². The Labute approximate surface area is 327 Å². The van der Waals surface area contributed by atoms with E-state index >= 15 is 0 Å². The number of hydrogen-bond acceptors (Lipinski definition) is 5. The molecule has 11 aromatic rings. The minimum Gasteiger partial charge on any atom is -0.455 e. The molecule has 4 heterocycles. The average Bonchev–Trinajstić information content (AvgIpc) is 3.85. The van der Waals surface area contributed by atoms with E-state index in [1.807, 2.05) is 60.1 Å². The Balaban J connectivity index is 1.01. The van der Waals surface area contributed by atoms with E-state index < -0.39 is 0 Å². The van der Waals surface area contributed by atoms with Gasteiger partial charge in [-0.15, -0.1) is 11.3 Å². The summed E-state index contributed by atoms with van der Waals surface area (Å²) in [5.41, 5.74) is 13.3. The molecule has 0 bridgehead atoms. The van der Waals surface area contributed by atoms with Gasteiger partial charge < -0.3 is 4.42 Å². The van der Waals surface area contributed by atoms with Crippen LogP contribution < -0.4 is 0 Å². The molecule has 0 N–H and O–H groups in total. The first kappa shape index (κ1) is 32.2. The number of nitrogens with zero attached hydrogens (tertiary/aromatic N) is 3. The van der Waals surface area contributed by atoms with Crippen molar-refractivity contribution in [3.8, 4) is 67.3 Å². The molecule has 4 aromatic heterocycles. The van der Waals surface area contributed by atoms with Crippen LogP contribution in [0.15, 0.2) is 193 Å². The van der Waals surface area contributed by atoms with Crippen LogP contribution in [0.2, 0.25) is 0 Å². The van der Waals surface area contributed by atoms with E-state index in [1.54, 1.807) is 0 Å². The van der Waals surface area contributed by atoms with E-state index in [2.05, 4.69) is 145 Å². The summed E-state index contributed by atoms with van der Waals surface area (Å²) in [6.07, 6.45) is 3.64. The predicted octanol–water partition coefficient (Wildman–Crippen LogP) is 14.1. The summed E-state index contributed by atoms with van der Waals surface area (Å²) in [5, 5.41) is 4.79. The van der Waals surface area contributed by atoms with Gasteiger partial charge in [-0.3, -0.25) is 4.98 Å². The van der Waals surface area contributed by atoms with Crippen molar-refractivity contribution in [2.24, 2.45) is 0 Å². The van der Waals surface area contributed by atoms with Crippen LogP contribution >= 0.6 is 11.3 Å². The van der Waals surface area contributed by atoms with Crippen LogP contribution in [0.4, 0.5) is 0 Å². The van der Waals surface area contributed by atoms with E-state index in [1.165, 1.54) is 20.2 Å². The standard InChI is InChI=1S/C51H31N3OS/c1-2-8-37(9-3-1)51-53-44(35-18-14-32(15-19-35)33-26-28-52-29-27-33)31-45(54-51)36-20-16-34(17-21-36)39-23-24-40(50-49(39)42-11-4-6-12-46(42)55-50)38-22-25-48-43(30-38)41-10-5-7-13-47(41)56-48/h1-31H. The van der Waals surface area contributed by atoms with Gasteiger partial charge >= 0.3 is 0 Å². The van der Waals surface area contributed by atoms with E-state index in [4.69, 9.17) is 14.4 Å². The number of hydrogen-bond donors (Lipinski definition) is 0. The number of fused-ring (bicyclic) bond motifs is 6. The predicted molar refractivity (Wildman–Crippen MR) is 233 cm³/mol. The molecule has 0 amide bonds. The third-order valence-corrected chi connectivity index (χ3v) is 11.8. The van der Waals surface area contributed by atoms with Crippen LogP contribution in [0.25, 0.3) is 109 Å². The molecule has 4 nitrogen and oxygen atoms in total. The number of benzene rings is 7. The third kappa shape index (κ3) is 5.56. The molecule has 0 aliphatic rings. The van der Waals surface area contributed by atoms with Crippen LogP contribution in [0.5, 0.6) is 0 Å². The Morgan fingerprint density at radius 1 is 0.393 bits per heavy atom. The van der Waals surface area contributed by atoms with Gasteiger partial charge in [0.25, 0.3) is 0 Å². The lowest BCUT2D eigenvalue weighted by atomic mass is 9.93. The third-order valence-electron chi connectivity index (χ3n) is 10.7. The van der Waals surface area contributed by atoms with Crippen LogP contribution in [-0.2, 0) is 0 Å². The quantitative estimate of drug-likeness (QED) is 0.171. The van der Waals surface area contributed by atoms with Gasteiger partial charge in [-0.2, -0.15) is 0 Å². The molecule has 0 fully saturated rings. The molecule has 0 unspecified atom stereocenters. The molecule has 0 atom stereocenters. The first-order valence-electron chi connectivity index (χ1n) is 18.7. The number of aromatic nitrogens is 3. The lowest BCUT2D eigenvalue weighted by molar-refractivity contribution is 0.670. The molecular formula is C51H31N3OS. The van der Waals surface area contributed by atoms with Gasteiger partial charge in [-0.05, 0) is 76.3 Å². The van der Waals surface area contributed by atoms with Gasteiger partial charge in [0, 0.05) is 65.6 Å². The fourth-order valence-electron chi connectivity index (χ4n) is 7.85. The Morgan fingerprint density at radius 2 is 0.982 bits per heavy atom. The second-order valence-electron chi connectivity index (χ2n) is 14.0. The Kier molecular flexibility index (Phi) is 7.64. The largest absolute Gasteiger partial charge is 0.455 e. The van der Waals surface area contributed by atoms with Crippen molar-refractivity contribution in [2.45, 2.75) is 0 Å². The molecule has 7 aromatic carbocycles. The van der Waals surface area contributed by atoms with E-state index in [-0.39, 0.29) is 0 Å². The first-order valence-corrected chi connectivity index (χ1v) is 19.5. The maximum Gasteiger partial charge on any atom is 0.160 e. The topological polar surface area (TPSA) is 51.8 Å².